The van der Waals surface area contributed by atoms with Gasteiger partial charge in [-0.25, -0.2) is 0 Å². The fourth-order valence-electron chi connectivity index (χ4n) is 1.95. The van der Waals surface area contributed by atoms with Crippen LogP contribution in [0.5, 0.6) is 11.5 Å². The summed E-state index contributed by atoms with van der Waals surface area (Å²) < 4.78 is 0. The number of para-hydroxylation sites is 1. The highest BCUT2D eigenvalue weighted by Gasteiger charge is 2.18. The zero-order valence-electron chi connectivity index (χ0n) is 8.03. The molecular formula is C11H15NO2. The number of hydrogen-bond acceptors (Lipinski definition) is 3. The highest BCUT2D eigenvalue weighted by Crippen LogP contribution is 2.35. The minimum Gasteiger partial charge on any atom is -0.504 e. The van der Waals surface area contributed by atoms with Crippen molar-refractivity contribution in [3.8, 4) is 11.5 Å². The van der Waals surface area contributed by atoms with E-state index < -0.39 is 0 Å². The second kappa shape index (κ2) is 3.88. The van der Waals surface area contributed by atoms with E-state index in [4.69, 9.17) is 0 Å². The van der Waals surface area contributed by atoms with Gasteiger partial charge in [0.1, 0.15) is 0 Å². The Morgan fingerprint density at radius 1 is 1.21 bits per heavy atom. The molecule has 1 heterocycles. The summed E-state index contributed by atoms with van der Waals surface area (Å²) in [6, 6.07) is 5.32. The number of nitrogens with one attached hydrogen (secondary N) is 1. The van der Waals surface area contributed by atoms with Gasteiger partial charge in [0.25, 0.3) is 0 Å². The Hall–Kier alpha value is -1.22. The second-order valence-electron chi connectivity index (χ2n) is 3.72. The molecule has 3 nitrogen and oxygen atoms in total. The first kappa shape index (κ1) is 9.34. The quantitative estimate of drug-likeness (QED) is 0.597. The van der Waals surface area contributed by atoms with Crippen LogP contribution < -0.4 is 5.32 Å². The summed E-state index contributed by atoms with van der Waals surface area (Å²) in [6.07, 6.45) is 3.39. The van der Waals surface area contributed by atoms with Gasteiger partial charge in [0, 0.05) is 11.6 Å². The average molecular weight is 193 g/mol. The molecule has 3 N–H and O–H groups in total. The van der Waals surface area contributed by atoms with Gasteiger partial charge in [0.05, 0.1) is 0 Å². The van der Waals surface area contributed by atoms with Crippen molar-refractivity contribution in [1.82, 2.24) is 5.32 Å². The van der Waals surface area contributed by atoms with E-state index in [1.54, 1.807) is 6.07 Å². The Labute approximate surface area is 83.4 Å². The number of phenols is 2. The molecule has 0 saturated carbocycles. The molecule has 2 rings (SSSR count). The Morgan fingerprint density at radius 3 is 2.79 bits per heavy atom. The Kier molecular flexibility index (Phi) is 2.59. The van der Waals surface area contributed by atoms with Gasteiger partial charge < -0.3 is 15.5 Å². The average Bonchev–Trinajstić information content (AvgIpc) is 2.23. The van der Waals surface area contributed by atoms with E-state index in [2.05, 4.69) is 5.32 Å². The molecule has 0 aliphatic carbocycles. The summed E-state index contributed by atoms with van der Waals surface area (Å²) in [5, 5.41) is 22.3. The molecule has 1 unspecified atom stereocenters. The van der Waals surface area contributed by atoms with Crippen LogP contribution in [0.4, 0.5) is 0 Å². The topological polar surface area (TPSA) is 52.5 Å². The summed E-state index contributed by atoms with van der Waals surface area (Å²) in [5.74, 6) is -0.0122. The third kappa shape index (κ3) is 1.68. The van der Waals surface area contributed by atoms with Gasteiger partial charge >= 0.3 is 0 Å². The largest absolute Gasteiger partial charge is 0.504 e. The van der Waals surface area contributed by atoms with Crippen molar-refractivity contribution in [2.75, 3.05) is 6.54 Å². The van der Waals surface area contributed by atoms with Crippen molar-refractivity contribution >= 4 is 0 Å². The van der Waals surface area contributed by atoms with Crippen molar-refractivity contribution in [3.05, 3.63) is 23.8 Å². The van der Waals surface area contributed by atoms with Crippen LogP contribution in [-0.2, 0) is 0 Å². The van der Waals surface area contributed by atoms with Crippen LogP contribution in [0.2, 0.25) is 0 Å². The molecule has 1 aliphatic heterocycles. The van der Waals surface area contributed by atoms with E-state index in [0.29, 0.717) is 0 Å². The zero-order valence-corrected chi connectivity index (χ0v) is 8.03. The number of benzene rings is 1. The fraction of sp³-hybridized carbons (Fsp3) is 0.455. The van der Waals surface area contributed by atoms with Gasteiger partial charge in [-0.3, -0.25) is 0 Å². The molecule has 3 heteroatoms. The lowest BCUT2D eigenvalue weighted by molar-refractivity contribution is 0.369. The van der Waals surface area contributed by atoms with Gasteiger partial charge in [-0.2, -0.15) is 0 Å². The van der Waals surface area contributed by atoms with Crippen LogP contribution in [0.3, 0.4) is 0 Å². The van der Waals surface area contributed by atoms with E-state index in [9.17, 15) is 10.2 Å². The molecule has 0 spiro atoms. The number of rotatable bonds is 1. The van der Waals surface area contributed by atoms with Crippen molar-refractivity contribution in [3.63, 3.8) is 0 Å². The smallest absolute Gasteiger partial charge is 0.162 e. The van der Waals surface area contributed by atoms with Crippen LogP contribution in [-0.4, -0.2) is 16.8 Å². The Bertz CT molecular complexity index is 319. The maximum atomic E-state index is 9.66. The molecule has 0 amide bonds. The van der Waals surface area contributed by atoms with Gasteiger partial charge in [-0.05, 0) is 25.5 Å². The number of piperidine rings is 1. The molecule has 76 valence electrons. The molecule has 1 aliphatic rings. The molecule has 1 aromatic carbocycles. The highest BCUT2D eigenvalue weighted by atomic mass is 16.3. The maximum absolute atomic E-state index is 9.66. The lowest BCUT2D eigenvalue weighted by Gasteiger charge is -2.24. The van der Waals surface area contributed by atoms with Gasteiger partial charge in [-0.1, -0.05) is 18.6 Å². The van der Waals surface area contributed by atoms with Crippen molar-refractivity contribution < 1.29 is 10.2 Å². The minimum atomic E-state index is -0.0325. The molecule has 1 aromatic rings. The monoisotopic (exact) mass is 193 g/mol. The predicted molar refractivity (Wildman–Crippen MR) is 54.4 cm³/mol. The van der Waals surface area contributed by atoms with Crippen LogP contribution in [0.15, 0.2) is 18.2 Å². The van der Waals surface area contributed by atoms with E-state index in [1.165, 1.54) is 18.9 Å². The van der Waals surface area contributed by atoms with Crippen molar-refractivity contribution in [2.45, 2.75) is 25.3 Å². The Balaban J connectivity index is 2.26. The number of aromatic hydroxyl groups is 2. The van der Waals surface area contributed by atoms with Crippen molar-refractivity contribution in [2.24, 2.45) is 0 Å². The first-order valence-corrected chi connectivity index (χ1v) is 5.03. The van der Waals surface area contributed by atoms with Crippen LogP contribution in [0, 0.1) is 0 Å². The van der Waals surface area contributed by atoms with E-state index in [1.807, 2.05) is 6.07 Å². The minimum absolute atomic E-state index is 0.0203. The SMILES string of the molecule is Oc1cccc(C2CCCCN2)c1O. The zero-order chi connectivity index (χ0) is 9.97. The second-order valence-corrected chi connectivity index (χ2v) is 3.72. The molecule has 1 saturated heterocycles. The summed E-state index contributed by atoms with van der Waals surface area (Å²) in [4.78, 5) is 0. The molecule has 0 aromatic heterocycles. The normalized spacial score (nSPS) is 22.1. The maximum Gasteiger partial charge on any atom is 0.162 e. The summed E-state index contributed by atoms with van der Waals surface area (Å²) in [6.45, 7) is 0.986. The lowest BCUT2D eigenvalue weighted by Crippen LogP contribution is -2.26. The molecule has 0 bridgehead atoms. The van der Waals surface area contributed by atoms with Crippen LogP contribution in [0.1, 0.15) is 30.9 Å². The summed E-state index contributed by atoms with van der Waals surface area (Å²) in [5.41, 5.74) is 0.810. The fourth-order valence-corrected chi connectivity index (χ4v) is 1.95. The third-order valence-corrected chi connectivity index (χ3v) is 2.73. The molecule has 14 heavy (non-hydrogen) atoms. The third-order valence-electron chi connectivity index (χ3n) is 2.73. The first-order chi connectivity index (χ1) is 6.79. The summed E-state index contributed by atoms with van der Waals surface area (Å²) >= 11 is 0. The molecule has 1 atom stereocenters. The van der Waals surface area contributed by atoms with E-state index in [0.717, 1.165) is 18.5 Å². The molecule has 0 radical (unpaired) electrons. The molecular weight excluding hydrogens is 178 g/mol. The highest BCUT2D eigenvalue weighted by molar-refractivity contribution is 5.45. The lowest BCUT2D eigenvalue weighted by atomic mass is 9.96. The van der Waals surface area contributed by atoms with Gasteiger partial charge in [-0.15, -0.1) is 0 Å². The standard InChI is InChI=1S/C11H15NO2/c13-10-6-3-4-8(11(10)14)9-5-1-2-7-12-9/h3-4,6,9,12-14H,1-2,5,7H2. The van der Waals surface area contributed by atoms with Gasteiger partial charge in [0.2, 0.25) is 0 Å². The predicted octanol–water partition coefficient (Wildman–Crippen LogP) is 1.91. The first-order valence-electron chi connectivity index (χ1n) is 5.03. The van der Waals surface area contributed by atoms with Gasteiger partial charge in [0.15, 0.2) is 11.5 Å². The van der Waals surface area contributed by atoms with E-state index >= 15 is 0 Å². The van der Waals surface area contributed by atoms with Crippen LogP contribution >= 0.6 is 0 Å². The van der Waals surface area contributed by atoms with Crippen molar-refractivity contribution in [1.29, 1.82) is 0 Å². The Morgan fingerprint density at radius 2 is 2.07 bits per heavy atom. The number of hydrogen-bond donors (Lipinski definition) is 3. The van der Waals surface area contributed by atoms with E-state index in [-0.39, 0.29) is 17.5 Å². The number of phenolic OH excluding ortho intramolecular Hbond substituents is 2. The summed E-state index contributed by atoms with van der Waals surface area (Å²) in [7, 11) is 0. The van der Waals surface area contributed by atoms with Crippen LogP contribution in [0.25, 0.3) is 0 Å². The molecule has 1 fully saturated rings.